The molecule has 24 aromatic rings. The maximum absolute atomic E-state index is 4.70. The van der Waals surface area contributed by atoms with E-state index < -0.39 is 0 Å². The number of fused-ring (bicyclic) bond motifs is 27. The Hall–Kier alpha value is -13.8. The van der Waals surface area contributed by atoms with Crippen LogP contribution in [-0.2, 0) is 0 Å². The van der Waals surface area contributed by atoms with Crippen molar-refractivity contribution in [2.24, 2.45) is 0 Å². The summed E-state index contributed by atoms with van der Waals surface area (Å²) < 4.78 is 8.21. The van der Waals surface area contributed by atoms with Crippen molar-refractivity contribution in [2.45, 2.75) is 41.5 Å². The van der Waals surface area contributed by atoms with Crippen LogP contribution in [0.1, 0.15) is 33.4 Å². The van der Waals surface area contributed by atoms with Gasteiger partial charge in [0.05, 0.1) is 33.1 Å². The monoisotopic (exact) mass is 1550 g/mol. The lowest BCUT2D eigenvalue weighted by molar-refractivity contribution is 1.31. The number of rotatable bonds is 6. The van der Waals surface area contributed by atoms with E-state index >= 15 is 0 Å². The minimum atomic E-state index is 0.953. The van der Waals surface area contributed by atoms with Crippen LogP contribution in [0.2, 0.25) is 0 Å². The Labute approximate surface area is 687 Å². The van der Waals surface area contributed by atoms with Gasteiger partial charge in [0.1, 0.15) is 0 Å². The number of hydrogen-bond donors (Lipinski definition) is 0. The maximum atomic E-state index is 4.70. The SMILES string of the molecule is Cc1cc(C)c2sc3c(-c4ccc(-c5ccc6c(c5)c5ccccc5c5nccnc65)cc4)cc(C)cc3c2c1.Cc1ccc2sc3c(-c4ccc(-c5ccc6c(c5)c5ccccc5c5nccnc65)cc4)cc(C)cc3c2c1.Cc1cccc2c1sc1c(-c3ccc(-c4ccc5c(c4)c4ccccc4c4nccnc54)cc3)cccc12. The fourth-order valence-electron chi connectivity index (χ4n) is 18.2. The number of hydrogen-bond acceptors (Lipinski definition) is 9. The molecule has 6 nitrogen and oxygen atoms in total. The second-order valence-electron chi connectivity index (χ2n) is 31.2. The van der Waals surface area contributed by atoms with E-state index in [0.717, 1.165) is 65.4 Å². The molecule has 0 saturated heterocycles. The highest BCUT2D eigenvalue weighted by Gasteiger charge is 2.21. The summed E-state index contributed by atoms with van der Waals surface area (Å²) in [4.78, 5) is 28.1. The zero-order valence-electron chi connectivity index (χ0n) is 65.1. The Morgan fingerprint density at radius 2 is 0.479 bits per heavy atom. The van der Waals surface area contributed by atoms with E-state index in [1.165, 1.54) is 193 Å². The third-order valence-corrected chi connectivity index (χ3v) is 27.7. The molecule has 24 rings (SSSR count). The predicted molar refractivity (Wildman–Crippen MR) is 503 cm³/mol. The van der Waals surface area contributed by atoms with E-state index in [-0.39, 0.29) is 0 Å². The molecule has 0 N–H and O–H groups in total. The zero-order valence-corrected chi connectivity index (χ0v) is 67.5. The number of benzene rings is 18. The molecule has 6 aromatic heterocycles. The van der Waals surface area contributed by atoms with Gasteiger partial charge in [-0.25, -0.2) is 0 Å². The summed E-state index contributed by atoms with van der Waals surface area (Å²) in [5, 5.41) is 22.2. The molecule has 0 saturated carbocycles. The first-order valence-corrected chi connectivity index (χ1v) is 42.2. The summed E-state index contributed by atoms with van der Waals surface area (Å²) >= 11 is 5.72. The molecule has 6 heterocycles. The molecule has 0 fully saturated rings. The second-order valence-corrected chi connectivity index (χ2v) is 34.3. The summed E-state index contributed by atoms with van der Waals surface area (Å²) in [5.41, 5.74) is 28.5. The molecule has 0 radical (unpaired) electrons. The van der Waals surface area contributed by atoms with Crippen LogP contribution in [0.3, 0.4) is 0 Å². The van der Waals surface area contributed by atoms with Crippen LogP contribution in [-0.4, -0.2) is 29.9 Å². The smallest absolute Gasteiger partial charge is 0.0971 e. The van der Waals surface area contributed by atoms with Gasteiger partial charge in [-0.2, -0.15) is 0 Å². The molecule has 0 atom stereocenters. The lowest BCUT2D eigenvalue weighted by Gasteiger charge is -2.11. The van der Waals surface area contributed by atoms with Crippen LogP contribution in [0.4, 0.5) is 0 Å². The van der Waals surface area contributed by atoms with Crippen LogP contribution >= 0.6 is 34.0 Å². The maximum Gasteiger partial charge on any atom is 0.0971 e. The predicted octanol–water partition coefficient (Wildman–Crippen LogP) is 30.8. The molecule has 18 aromatic carbocycles. The van der Waals surface area contributed by atoms with Gasteiger partial charge in [-0.1, -0.05) is 242 Å². The molecule has 0 aliphatic heterocycles. The van der Waals surface area contributed by atoms with Crippen molar-refractivity contribution in [3.8, 4) is 66.8 Å². The highest BCUT2D eigenvalue weighted by molar-refractivity contribution is 7.27. The minimum absolute atomic E-state index is 0.953. The molecule has 0 bridgehead atoms. The van der Waals surface area contributed by atoms with Gasteiger partial charge < -0.3 is 0 Å². The van der Waals surface area contributed by atoms with Gasteiger partial charge >= 0.3 is 0 Å². The van der Waals surface area contributed by atoms with Crippen molar-refractivity contribution >= 4 is 192 Å². The van der Waals surface area contributed by atoms with Crippen LogP contribution < -0.4 is 0 Å². The molecule has 0 aliphatic rings. The van der Waals surface area contributed by atoms with Gasteiger partial charge in [-0.15, -0.1) is 34.0 Å². The van der Waals surface area contributed by atoms with E-state index in [2.05, 4.69) is 348 Å². The molecular formula is C108H72N6S3. The summed E-state index contributed by atoms with van der Waals surface area (Å²) in [7, 11) is 0. The third-order valence-electron chi connectivity index (χ3n) is 23.7. The first kappa shape index (κ1) is 69.9. The topological polar surface area (TPSA) is 77.3 Å². The summed E-state index contributed by atoms with van der Waals surface area (Å²) in [5.74, 6) is 0. The minimum Gasteiger partial charge on any atom is -0.252 e. The van der Waals surface area contributed by atoms with Gasteiger partial charge in [-0.05, 0) is 224 Å². The molecule has 0 spiro atoms. The van der Waals surface area contributed by atoms with Gasteiger partial charge in [0, 0.05) is 130 Å². The number of nitrogens with zero attached hydrogens (tertiary/aromatic N) is 6. The van der Waals surface area contributed by atoms with Crippen molar-refractivity contribution in [1.29, 1.82) is 0 Å². The van der Waals surface area contributed by atoms with Crippen molar-refractivity contribution in [3.63, 3.8) is 0 Å². The Kier molecular flexibility index (Phi) is 16.7. The molecule has 0 amide bonds. The van der Waals surface area contributed by atoms with E-state index in [1.807, 2.05) is 34.0 Å². The van der Waals surface area contributed by atoms with Crippen molar-refractivity contribution in [1.82, 2.24) is 29.9 Å². The lowest BCUT2D eigenvalue weighted by Crippen LogP contribution is -1.89. The molecule has 9 heteroatoms. The van der Waals surface area contributed by atoms with Crippen LogP contribution in [0.5, 0.6) is 0 Å². The van der Waals surface area contributed by atoms with Gasteiger partial charge in [0.15, 0.2) is 0 Å². The molecule has 0 unspecified atom stereocenters. The van der Waals surface area contributed by atoms with Gasteiger partial charge in [-0.3, -0.25) is 29.9 Å². The highest BCUT2D eigenvalue weighted by atomic mass is 32.1. The van der Waals surface area contributed by atoms with E-state index in [1.54, 1.807) is 37.2 Å². The second kappa shape index (κ2) is 28.0. The average Bonchev–Trinajstić information content (AvgIpc) is 1.74. The molecule has 117 heavy (non-hydrogen) atoms. The number of thiophene rings is 3. The van der Waals surface area contributed by atoms with Crippen LogP contribution in [0, 0.1) is 41.5 Å². The van der Waals surface area contributed by atoms with Crippen LogP contribution in [0.25, 0.3) is 225 Å². The summed E-state index contributed by atoms with van der Waals surface area (Å²) in [6.45, 7) is 13.2. The Balaban J connectivity index is 0.000000106. The Bertz CT molecular complexity index is 8160. The first-order valence-electron chi connectivity index (χ1n) is 39.7. The normalized spacial score (nSPS) is 11.8. The lowest BCUT2D eigenvalue weighted by atomic mass is 9.94. The summed E-state index contributed by atoms with van der Waals surface area (Å²) in [6.07, 6.45) is 10.7. The van der Waals surface area contributed by atoms with E-state index in [4.69, 9.17) is 15.0 Å². The van der Waals surface area contributed by atoms with Gasteiger partial charge in [0.25, 0.3) is 0 Å². The molecule has 0 aliphatic carbocycles. The van der Waals surface area contributed by atoms with E-state index in [0.29, 0.717) is 0 Å². The fraction of sp³-hybridized carbons (Fsp3) is 0.0556. The van der Waals surface area contributed by atoms with Crippen molar-refractivity contribution in [2.75, 3.05) is 0 Å². The number of aromatic nitrogens is 6. The van der Waals surface area contributed by atoms with Gasteiger partial charge in [0.2, 0.25) is 0 Å². The average molecular weight is 1550 g/mol. The van der Waals surface area contributed by atoms with Crippen LogP contribution in [0.15, 0.2) is 328 Å². The molecular weight excluding hydrogens is 1480 g/mol. The first-order chi connectivity index (χ1) is 57.4. The largest absolute Gasteiger partial charge is 0.252 e. The standard InChI is InChI=1S/C37H26N2S.C36H24N2S.C35H22N2S/c1-21-16-23(3)36-32(18-21)33-19-22(2)17-30(37(33)40-36)25-10-8-24(9-11-25)26-12-13-29-31(20-26)27-6-4-5-7-28(27)34-35(29)39-15-14-38-34;1-21-7-14-33-31(17-21)32-19-22(2)18-29(36(32)39-33)24-10-8-23(9-11-24)25-12-13-28-30(20-25)26-5-3-4-6-27(26)34-35(28)38-16-15-37-34;1-21-6-4-10-29-30-11-5-9-25(35(30)38-34(21)29)23-14-12-22(13-15-23)24-16-17-28-31(20-24)26-7-2-3-8-27(26)32-33(28)37-19-18-36-32/h4-20H,1-3H3;3-20H,1-2H3;2-20H,1H3. The van der Waals surface area contributed by atoms with Crippen molar-refractivity contribution in [3.05, 3.63) is 362 Å². The number of aryl methyl sites for hydroxylation is 6. The Morgan fingerprint density at radius 3 is 0.915 bits per heavy atom. The highest BCUT2D eigenvalue weighted by Crippen LogP contribution is 2.48. The summed E-state index contributed by atoms with van der Waals surface area (Å²) in [6, 6.07) is 107. The fourth-order valence-corrected chi connectivity index (χ4v) is 22.0. The van der Waals surface area contributed by atoms with E-state index in [9.17, 15) is 0 Å². The van der Waals surface area contributed by atoms with Crippen molar-refractivity contribution < 1.29 is 0 Å². The quantitative estimate of drug-likeness (QED) is 0.154. The zero-order chi connectivity index (χ0) is 78.3. The molecule has 552 valence electrons. The third kappa shape index (κ3) is 11.9. The Morgan fingerprint density at radius 1 is 0.171 bits per heavy atom.